The van der Waals surface area contributed by atoms with Gasteiger partial charge in [0.1, 0.15) is 11.8 Å². The number of nitrogens with one attached hydrogen (secondary N) is 3. The number of amides is 1. The SMILES string of the molecule is N=C(N)Nc1ccc(C(=O)Oc2ccc(CCCOC(=O)N[C@@H](CC(=O)O)C(=O)O)cc2)cc1. The average Bonchev–Trinajstić information content (AvgIpc) is 2.77. The van der Waals surface area contributed by atoms with E-state index in [9.17, 15) is 19.2 Å². The van der Waals surface area contributed by atoms with Gasteiger partial charge < -0.3 is 36.1 Å². The first-order chi connectivity index (χ1) is 16.1. The number of ether oxygens (including phenoxy) is 2. The molecule has 0 radical (unpaired) electrons. The maximum Gasteiger partial charge on any atom is 0.407 e. The largest absolute Gasteiger partial charge is 0.481 e. The van der Waals surface area contributed by atoms with Gasteiger partial charge in [0.2, 0.25) is 0 Å². The molecule has 0 aliphatic heterocycles. The minimum atomic E-state index is -1.57. The Morgan fingerprint density at radius 2 is 1.65 bits per heavy atom. The number of esters is 1. The summed E-state index contributed by atoms with van der Waals surface area (Å²) in [6.45, 7) is -0.00351. The molecule has 0 spiro atoms. The molecular weight excluding hydrogens is 448 g/mol. The number of hydrogen-bond donors (Lipinski definition) is 6. The van der Waals surface area contributed by atoms with Crippen LogP contribution in [0.2, 0.25) is 0 Å². The number of carbonyl (C=O) groups excluding carboxylic acids is 2. The quantitative estimate of drug-likeness (QED) is 0.0920. The fourth-order valence-corrected chi connectivity index (χ4v) is 2.74. The van der Waals surface area contributed by atoms with Gasteiger partial charge in [-0.1, -0.05) is 12.1 Å². The maximum absolute atomic E-state index is 12.3. The van der Waals surface area contributed by atoms with Crippen molar-refractivity contribution < 1.29 is 38.9 Å². The number of aliphatic carboxylic acids is 2. The zero-order valence-corrected chi connectivity index (χ0v) is 17.9. The molecule has 12 heteroatoms. The number of alkyl carbamates (subject to hydrolysis) is 1. The van der Waals surface area contributed by atoms with Gasteiger partial charge in [0.05, 0.1) is 18.6 Å². The van der Waals surface area contributed by atoms with Crippen LogP contribution < -0.4 is 21.1 Å². The molecule has 7 N–H and O–H groups in total. The number of carboxylic acids is 2. The lowest BCUT2D eigenvalue weighted by Gasteiger charge is -2.12. The molecular formula is C22H24N4O8. The number of carbonyl (C=O) groups is 4. The van der Waals surface area contributed by atoms with Crippen LogP contribution in [0.5, 0.6) is 5.75 Å². The maximum atomic E-state index is 12.3. The van der Waals surface area contributed by atoms with Crippen molar-refractivity contribution in [3.63, 3.8) is 0 Å². The van der Waals surface area contributed by atoms with Gasteiger partial charge in [0, 0.05) is 5.69 Å². The van der Waals surface area contributed by atoms with Crippen LogP contribution in [0.25, 0.3) is 0 Å². The second kappa shape index (κ2) is 12.4. The predicted octanol–water partition coefficient (Wildman–Crippen LogP) is 1.80. The number of anilines is 1. The van der Waals surface area contributed by atoms with E-state index in [4.69, 9.17) is 30.8 Å². The van der Waals surface area contributed by atoms with Gasteiger partial charge in [0.15, 0.2) is 5.96 Å². The van der Waals surface area contributed by atoms with Gasteiger partial charge in [-0.05, 0) is 54.8 Å². The average molecular weight is 472 g/mol. The Labute approximate surface area is 194 Å². The first kappa shape index (κ1) is 25.6. The first-order valence-corrected chi connectivity index (χ1v) is 10.0. The van der Waals surface area contributed by atoms with Crippen molar-refractivity contribution >= 4 is 35.6 Å². The Morgan fingerprint density at radius 3 is 2.21 bits per heavy atom. The minimum Gasteiger partial charge on any atom is -0.481 e. The summed E-state index contributed by atoms with van der Waals surface area (Å²) in [5.41, 5.74) is 7.02. The number of nitrogens with two attached hydrogens (primary N) is 1. The highest BCUT2D eigenvalue weighted by molar-refractivity contribution is 5.93. The molecule has 0 saturated carbocycles. The third-order valence-electron chi connectivity index (χ3n) is 4.35. The monoisotopic (exact) mass is 472 g/mol. The number of hydrogen-bond acceptors (Lipinski definition) is 7. The highest BCUT2D eigenvalue weighted by Gasteiger charge is 2.23. The van der Waals surface area contributed by atoms with Crippen molar-refractivity contribution in [1.82, 2.24) is 5.32 Å². The number of rotatable bonds is 11. The van der Waals surface area contributed by atoms with Crippen LogP contribution in [0.15, 0.2) is 48.5 Å². The molecule has 1 atom stereocenters. The minimum absolute atomic E-state index is 0.00351. The van der Waals surface area contributed by atoms with Gasteiger partial charge in [-0.3, -0.25) is 10.2 Å². The van der Waals surface area contributed by atoms with Gasteiger partial charge in [-0.15, -0.1) is 0 Å². The van der Waals surface area contributed by atoms with E-state index in [1.54, 1.807) is 48.5 Å². The van der Waals surface area contributed by atoms with Gasteiger partial charge in [-0.2, -0.15) is 0 Å². The van der Waals surface area contributed by atoms with Crippen molar-refractivity contribution in [2.75, 3.05) is 11.9 Å². The molecule has 0 heterocycles. The number of aryl methyl sites for hydroxylation is 1. The third-order valence-corrected chi connectivity index (χ3v) is 4.35. The fourth-order valence-electron chi connectivity index (χ4n) is 2.74. The van der Waals surface area contributed by atoms with E-state index in [2.05, 4.69) is 5.32 Å². The first-order valence-electron chi connectivity index (χ1n) is 10.0. The molecule has 1 amide bonds. The summed E-state index contributed by atoms with van der Waals surface area (Å²) in [6, 6.07) is 11.4. The third kappa shape index (κ3) is 8.86. The molecule has 2 rings (SSSR count). The summed E-state index contributed by atoms with van der Waals surface area (Å²) in [4.78, 5) is 45.4. The van der Waals surface area contributed by atoms with E-state index in [0.717, 1.165) is 5.56 Å². The van der Waals surface area contributed by atoms with E-state index < -0.39 is 36.5 Å². The Morgan fingerprint density at radius 1 is 1.00 bits per heavy atom. The molecule has 180 valence electrons. The normalized spacial score (nSPS) is 11.1. The lowest BCUT2D eigenvalue weighted by atomic mass is 10.1. The van der Waals surface area contributed by atoms with E-state index in [-0.39, 0.29) is 12.6 Å². The van der Waals surface area contributed by atoms with Crippen molar-refractivity contribution in [3.8, 4) is 5.75 Å². The number of carboxylic acid groups (broad SMARTS) is 2. The Kier molecular flexibility index (Phi) is 9.38. The molecule has 0 fully saturated rings. The van der Waals surface area contributed by atoms with Crippen LogP contribution in [-0.4, -0.2) is 52.8 Å². The highest BCUT2D eigenvalue weighted by Crippen LogP contribution is 2.16. The van der Waals surface area contributed by atoms with Crippen molar-refractivity contribution in [2.24, 2.45) is 5.73 Å². The molecule has 0 aromatic heterocycles. The molecule has 0 aliphatic carbocycles. The zero-order chi connectivity index (χ0) is 25.1. The van der Waals surface area contributed by atoms with Crippen molar-refractivity contribution in [3.05, 3.63) is 59.7 Å². The van der Waals surface area contributed by atoms with Crippen molar-refractivity contribution in [2.45, 2.75) is 25.3 Å². The number of benzene rings is 2. The molecule has 2 aromatic carbocycles. The van der Waals surface area contributed by atoms with Crippen LogP contribution in [-0.2, 0) is 20.7 Å². The standard InChI is InChI=1S/C22H24N4O8/c23-21(24)25-15-7-5-14(6-8-15)20(31)34-16-9-3-13(4-10-16)2-1-11-33-22(32)26-17(19(29)30)12-18(27)28/h3-10,17H,1-2,11-12H2,(H,26,32)(H,27,28)(H,29,30)(H4,23,24,25)/t17-/m0/s1. The topological polar surface area (TPSA) is 201 Å². The Bertz CT molecular complexity index is 1040. The second-order valence-corrected chi connectivity index (χ2v) is 7.02. The Balaban J connectivity index is 1.75. The second-order valence-electron chi connectivity index (χ2n) is 7.02. The molecule has 0 aliphatic rings. The molecule has 2 aromatic rings. The zero-order valence-electron chi connectivity index (χ0n) is 17.9. The van der Waals surface area contributed by atoms with Gasteiger partial charge in [-0.25, -0.2) is 14.4 Å². The van der Waals surface area contributed by atoms with E-state index in [1.807, 2.05) is 5.32 Å². The van der Waals surface area contributed by atoms with Crippen LogP contribution in [0, 0.1) is 5.41 Å². The highest BCUT2D eigenvalue weighted by atomic mass is 16.5. The molecule has 0 saturated heterocycles. The molecule has 12 nitrogen and oxygen atoms in total. The van der Waals surface area contributed by atoms with Crippen LogP contribution in [0.3, 0.4) is 0 Å². The molecule has 0 unspecified atom stereocenters. The van der Waals surface area contributed by atoms with E-state index in [1.165, 1.54) is 0 Å². The lowest BCUT2D eigenvalue weighted by Crippen LogP contribution is -2.42. The number of guanidine groups is 1. The molecule has 0 bridgehead atoms. The summed E-state index contributed by atoms with van der Waals surface area (Å²) in [6.07, 6.45) is -0.807. The van der Waals surface area contributed by atoms with E-state index in [0.29, 0.717) is 29.8 Å². The van der Waals surface area contributed by atoms with Crippen LogP contribution in [0.1, 0.15) is 28.8 Å². The summed E-state index contributed by atoms with van der Waals surface area (Å²) < 4.78 is 10.2. The van der Waals surface area contributed by atoms with Gasteiger partial charge >= 0.3 is 24.0 Å². The van der Waals surface area contributed by atoms with Crippen LogP contribution in [0.4, 0.5) is 10.5 Å². The molecule has 34 heavy (non-hydrogen) atoms. The van der Waals surface area contributed by atoms with Crippen molar-refractivity contribution in [1.29, 1.82) is 5.41 Å². The summed E-state index contributed by atoms with van der Waals surface area (Å²) in [5, 5.41) is 29.3. The lowest BCUT2D eigenvalue weighted by molar-refractivity contribution is -0.145. The Hall–Kier alpha value is -4.61. The van der Waals surface area contributed by atoms with Gasteiger partial charge in [0.25, 0.3) is 0 Å². The van der Waals surface area contributed by atoms with E-state index >= 15 is 0 Å². The van der Waals surface area contributed by atoms with Crippen LogP contribution >= 0.6 is 0 Å². The fraction of sp³-hybridized carbons (Fsp3) is 0.227. The smallest absolute Gasteiger partial charge is 0.407 e. The predicted molar refractivity (Wildman–Crippen MR) is 120 cm³/mol. The summed E-state index contributed by atoms with van der Waals surface area (Å²) in [7, 11) is 0. The summed E-state index contributed by atoms with van der Waals surface area (Å²) in [5.74, 6) is -3.26. The summed E-state index contributed by atoms with van der Waals surface area (Å²) >= 11 is 0.